The lowest BCUT2D eigenvalue weighted by Gasteiger charge is -2.16. The molecule has 1 aromatic carbocycles. The predicted octanol–water partition coefficient (Wildman–Crippen LogP) is 4.28. The van der Waals surface area contributed by atoms with E-state index < -0.39 is 6.04 Å². The van der Waals surface area contributed by atoms with Crippen LogP contribution in [-0.2, 0) is 22.6 Å². The Bertz CT molecular complexity index is 1170. The summed E-state index contributed by atoms with van der Waals surface area (Å²) in [5.74, 6) is -0.247. The Kier molecular flexibility index (Phi) is 8.26. The second kappa shape index (κ2) is 10.9. The third-order valence-electron chi connectivity index (χ3n) is 5.43. The fourth-order valence-electron chi connectivity index (χ4n) is 3.44. The highest BCUT2D eigenvalue weighted by molar-refractivity contribution is 7.99. The second-order valence-corrected chi connectivity index (χ2v) is 10.0. The zero-order valence-corrected chi connectivity index (χ0v) is 20.6. The maximum absolute atomic E-state index is 13.2. The summed E-state index contributed by atoms with van der Waals surface area (Å²) in [4.78, 5) is 44.4. The van der Waals surface area contributed by atoms with Crippen LogP contribution in [0.25, 0.3) is 10.2 Å². The number of amides is 1. The minimum absolute atomic E-state index is 0.0427. The van der Waals surface area contributed by atoms with Crippen LogP contribution in [0.3, 0.4) is 0 Å². The first-order valence-electron chi connectivity index (χ1n) is 10.8. The van der Waals surface area contributed by atoms with Crippen LogP contribution in [0.15, 0.2) is 40.3 Å². The Morgan fingerprint density at radius 2 is 1.94 bits per heavy atom. The second-order valence-electron chi connectivity index (χ2n) is 7.88. The standard InChI is InChI=1S/C24H29N3O3S2/c1-5-6-12-27-23(30)21-15(2)17(4)32-22(21)26-24(27)31-14-20(29)25-19(16(3)28)13-18-10-8-7-9-11-18/h7-11,19H,5-6,12-14H2,1-4H3,(H,25,29)/t19-/m1/s1. The molecule has 0 unspecified atom stereocenters. The first kappa shape index (κ1) is 24.2. The largest absolute Gasteiger partial charge is 0.345 e. The molecule has 1 N–H and O–H groups in total. The monoisotopic (exact) mass is 471 g/mol. The maximum atomic E-state index is 13.2. The molecule has 8 heteroatoms. The zero-order valence-electron chi connectivity index (χ0n) is 18.9. The number of fused-ring (bicyclic) bond motifs is 1. The van der Waals surface area contributed by atoms with E-state index in [9.17, 15) is 14.4 Å². The van der Waals surface area contributed by atoms with Crippen molar-refractivity contribution in [2.45, 2.75) is 64.7 Å². The van der Waals surface area contributed by atoms with Crippen LogP contribution in [0, 0.1) is 13.8 Å². The van der Waals surface area contributed by atoms with Gasteiger partial charge >= 0.3 is 0 Å². The molecule has 6 nitrogen and oxygen atoms in total. The first-order chi connectivity index (χ1) is 15.3. The highest BCUT2D eigenvalue weighted by Crippen LogP contribution is 2.28. The van der Waals surface area contributed by atoms with E-state index in [1.54, 1.807) is 4.57 Å². The third-order valence-corrected chi connectivity index (χ3v) is 7.51. The molecule has 0 bridgehead atoms. The van der Waals surface area contributed by atoms with Crippen molar-refractivity contribution in [2.24, 2.45) is 0 Å². The number of hydrogen-bond donors (Lipinski definition) is 1. The van der Waals surface area contributed by atoms with Gasteiger partial charge in [-0.1, -0.05) is 55.4 Å². The Hall–Kier alpha value is -2.45. The average molecular weight is 472 g/mol. The number of thioether (sulfide) groups is 1. The number of unbranched alkanes of at least 4 members (excludes halogenated alkanes) is 1. The summed E-state index contributed by atoms with van der Waals surface area (Å²) in [7, 11) is 0. The molecule has 2 heterocycles. The minimum Gasteiger partial charge on any atom is -0.345 e. The smallest absolute Gasteiger partial charge is 0.263 e. The lowest BCUT2D eigenvalue weighted by molar-refractivity contribution is -0.125. The first-order valence-corrected chi connectivity index (χ1v) is 12.6. The van der Waals surface area contributed by atoms with Gasteiger partial charge in [0.05, 0.1) is 17.2 Å². The van der Waals surface area contributed by atoms with E-state index >= 15 is 0 Å². The fourth-order valence-corrected chi connectivity index (χ4v) is 5.35. The highest BCUT2D eigenvalue weighted by Gasteiger charge is 2.20. The molecule has 0 aliphatic heterocycles. The Morgan fingerprint density at radius 3 is 2.59 bits per heavy atom. The number of rotatable bonds is 10. The molecule has 3 rings (SSSR count). The van der Waals surface area contributed by atoms with Crippen molar-refractivity contribution in [2.75, 3.05) is 5.75 Å². The maximum Gasteiger partial charge on any atom is 0.263 e. The van der Waals surface area contributed by atoms with E-state index in [0.717, 1.165) is 28.8 Å². The number of nitrogens with one attached hydrogen (secondary N) is 1. The number of hydrogen-bond acceptors (Lipinski definition) is 6. The van der Waals surface area contributed by atoms with Crippen molar-refractivity contribution in [3.63, 3.8) is 0 Å². The van der Waals surface area contributed by atoms with Gasteiger partial charge in [0.2, 0.25) is 5.91 Å². The molecule has 0 saturated carbocycles. The van der Waals surface area contributed by atoms with Gasteiger partial charge in [-0.3, -0.25) is 19.0 Å². The minimum atomic E-state index is -0.578. The van der Waals surface area contributed by atoms with Gasteiger partial charge < -0.3 is 5.32 Å². The molecule has 0 spiro atoms. The number of benzene rings is 1. The molecule has 0 saturated heterocycles. The van der Waals surface area contributed by atoms with Gasteiger partial charge in [-0.15, -0.1) is 11.3 Å². The van der Waals surface area contributed by atoms with Crippen LogP contribution >= 0.6 is 23.1 Å². The van der Waals surface area contributed by atoms with Crippen molar-refractivity contribution in [1.29, 1.82) is 0 Å². The van der Waals surface area contributed by atoms with Crippen LogP contribution in [0.4, 0.5) is 0 Å². The number of nitrogens with zero attached hydrogens (tertiary/aromatic N) is 2. The number of carbonyl (C=O) groups excluding carboxylic acids is 2. The summed E-state index contributed by atoms with van der Waals surface area (Å²) in [6, 6.07) is 9.04. The molecule has 3 aromatic rings. The van der Waals surface area contributed by atoms with Gasteiger partial charge in [-0.05, 0) is 44.7 Å². The Balaban J connectivity index is 1.77. The molecule has 32 heavy (non-hydrogen) atoms. The quantitative estimate of drug-likeness (QED) is 0.353. The summed E-state index contributed by atoms with van der Waals surface area (Å²) in [5.41, 5.74) is 1.93. The van der Waals surface area contributed by atoms with Gasteiger partial charge in [0.15, 0.2) is 10.9 Å². The van der Waals surface area contributed by atoms with Crippen LogP contribution in [0.1, 0.15) is 42.7 Å². The van der Waals surface area contributed by atoms with Crippen molar-refractivity contribution >= 4 is 45.0 Å². The fraction of sp³-hybridized carbons (Fsp3) is 0.417. The van der Waals surface area contributed by atoms with Gasteiger partial charge in [-0.25, -0.2) is 4.98 Å². The third kappa shape index (κ3) is 5.66. The summed E-state index contributed by atoms with van der Waals surface area (Å²) in [6.45, 7) is 8.08. The molecule has 1 atom stereocenters. The number of ketones is 1. The average Bonchev–Trinajstić information content (AvgIpc) is 3.05. The number of aryl methyl sites for hydroxylation is 2. The van der Waals surface area contributed by atoms with Crippen LogP contribution in [0.2, 0.25) is 0 Å². The topological polar surface area (TPSA) is 81.1 Å². The van der Waals surface area contributed by atoms with Crippen molar-refractivity contribution in [3.8, 4) is 0 Å². The van der Waals surface area contributed by atoms with Crippen molar-refractivity contribution in [3.05, 3.63) is 56.7 Å². The Morgan fingerprint density at radius 1 is 1.22 bits per heavy atom. The van der Waals surface area contributed by atoms with E-state index in [4.69, 9.17) is 4.98 Å². The molecule has 0 radical (unpaired) electrons. The summed E-state index contributed by atoms with van der Waals surface area (Å²) >= 11 is 2.75. The van der Waals surface area contributed by atoms with Crippen LogP contribution < -0.4 is 10.9 Å². The normalized spacial score (nSPS) is 12.1. The molecule has 0 aliphatic carbocycles. The van der Waals surface area contributed by atoms with Crippen LogP contribution in [-0.4, -0.2) is 33.0 Å². The van der Waals surface area contributed by atoms with Crippen molar-refractivity contribution in [1.82, 2.24) is 14.9 Å². The Labute approximate surface area is 196 Å². The number of aromatic nitrogens is 2. The SMILES string of the molecule is CCCCn1c(SCC(=O)N[C@H](Cc2ccccc2)C(C)=O)nc2sc(C)c(C)c2c1=O. The molecular weight excluding hydrogens is 442 g/mol. The van der Waals surface area contributed by atoms with E-state index in [2.05, 4.69) is 12.2 Å². The van der Waals surface area contributed by atoms with Gasteiger partial charge in [0.25, 0.3) is 5.56 Å². The molecule has 1 amide bonds. The lowest BCUT2D eigenvalue weighted by atomic mass is 10.0. The van der Waals surface area contributed by atoms with E-state index in [-0.39, 0.29) is 23.0 Å². The van der Waals surface area contributed by atoms with Crippen LogP contribution in [0.5, 0.6) is 0 Å². The molecular formula is C24H29N3O3S2. The molecule has 170 valence electrons. The predicted molar refractivity (Wildman–Crippen MR) is 132 cm³/mol. The lowest BCUT2D eigenvalue weighted by Crippen LogP contribution is -2.42. The zero-order chi connectivity index (χ0) is 23.3. The number of Topliss-reactive ketones (excluding diaryl/α,β-unsaturated/α-hetero) is 1. The molecule has 0 fully saturated rings. The summed E-state index contributed by atoms with van der Waals surface area (Å²) in [6.07, 6.45) is 2.26. The summed E-state index contributed by atoms with van der Waals surface area (Å²) < 4.78 is 1.69. The highest BCUT2D eigenvalue weighted by atomic mass is 32.2. The van der Waals surface area contributed by atoms with E-state index in [0.29, 0.717) is 28.3 Å². The van der Waals surface area contributed by atoms with Crippen molar-refractivity contribution < 1.29 is 9.59 Å². The van der Waals surface area contributed by atoms with Gasteiger partial charge in [0.1, 0.15) is 4.83 Å². The van der Waals surface area contributed by atoms with Gasteiger partial charge in [-0.2, -0.15) is 0 Å². The van der Waals surface area contributed by atoms with E-state index in [1.165, 1.54) is 30.0 Å². The van der Waals surface area contributed by atoms with E-state index in [1.807, 2.05) is 44.2 Å². The molecule has 0 aliphatic rings. The number of carbonyl (C=O) groups is 2. The molecule has 2 aromatic heterocycles. The summed E-state index contributed by atoms with van der Waals surface area (Å²) in [5, 5.41) is 4.07. The van der Waals surface area contributed by atoms with Gasteiger partial charge in [0, 0.05) is 11.4 Å². The number of thiophene rings is 1.